The number of hydrogen-bond donors (Lipinski definition) is 0. The first-order chi connectivity index (χ1) is 9.13. The molecule has 3 rings (SSSR count). The molecule has 0 nitrogen and oxygen atoms in total. The molecule has 0 aliphatic heterocycles. The lowest BCUT2D eigenvalue weighted by Gasteiger charge is -2.03. The SMILES string of the molecule is Cc1ccc(-c2cc(C)sc2-c2ccc(C)s2)cc1. The lowest BCUT2D eigenvalue weighted by Crippen LogP contribution is -1.77. The van der Waals surface area contributed by atoms with Crippen LogP contribution >= 0.6 is 22.7 Å². The third-order valence-corrected chi connectivity index (χ3v) is 5.41. The van der Waals surface area contributed by atoms with Gasteiger partial charge in [0.15, 0.2) is 0 Å². The maximum Gasteiger partial charge on any atom is 0.0523 e. The van der Waals surface area contributed by atoms with Gasteiger partial charge in [0.2, 0.25) is 0 Å². The highest BCUT2D eigenvalue weighted by Gasteiger charge is 2.12. The summed E-state index contributed by atoms with van der Waals surface area (Å²) in [6.45, 7) is 6.48. The summed E-state index contributed by atoms with van der Waals surface area (Å²) in [7, 11) is 0. The molecule has 19 heavy (non-hydrogen) atoms. The van der Waals surface area contributed by atoms with Crippen molar-refractivity contribution in [2.45, 2.75) is 20.8 Å². The second kappa shape index (κ2) is 4.95. The van der Waals surface area contributed by atoms with Gasteiger partial charge in [-0.3, -0.25) is 0 Å². The molecule has 0 bridgehead atoms. The van der Waals surface area contributed by atoms with E-state index >= 15 is 0 Å². The van der Waals surface area contributed by atoms with Crippen molar-refractivity contribution in [3.8, 4) is 20.9 Å². The molecular formula is C17H16S2. The van der Waals surface area contributed by atoms with Crippen LogP contribution in [0.4, 0.5) is 0 Å². The summed E-state index contributed by atoms with van der Waals surface area (Å²) in [4.78, 5) is 5.53. The third kappa shape index (κ3) is 2.51. The molecule has 0 amide bonds. The second-order valence-electron chi connectivity index (χ2n) is 4.88. The van der Waals surface area contributed by atoms with E-state index in [1.165, 1.54) is 36.2 Å². The first-order valence-corrected chi connectivity index (χ1v) is 8.01. The number of benzene rings is 1. The molecule has 96 valence electrons. The van der Waals surface area contributed by atoms with Gasteiger partial charge in [0, 0.05) is 20.2 Å². The Kier molecular flexibility index (Phi) is 3.29. The molecule has 0 saturated carbocycles. The maximum atomic E-state index is 2.31. The highest BCUT2D eigenvalue weighted by Crippen LogP contribution is 2.41. The standard InChI is InChI=1S/C17H16S2/c1-11-4-7-14(8-5-11)15-10-13(3)19-17(15)16-9-6-12(2)18-16/h4-10H,1-3H3. The van der Waals surface area contributed by atoms with Crippen molar-refractivity contribution in [3.63, 3.8) is 0 Å². The van der Waals surface area contributed by atoms with E-state index in [1.54, 1.807) is 0 Å². The van der Waals surface area contributed by atoms with Crippen molar-refractivity contribution in [1.82, 2.24) is 0 Å². The Labute approximate surface area is 122 Å². The van der Waals surface area contributed by atoms with Crippen LogP contribution in [0.2, 0.25) is 0 Å². The minimum Gasteiger partial charge on any atom is -0.140 e. The zero-order valence-corrected chi connectivity index (χ0v) is 13.0. The van der Waals surface area contributed by atoms with Crippen molar-refractivity contribution < 1.29 is 0 Å². The van der Waals surface area contributed by atoms with Crippen LogP contribution in [0, 0.1) is 20.8 Å². The molecule has 0 atom stereocenters. The average molecular weight is 284 g/mol. The van der Waals surface area contributed by atoms with Crippen LogP contribution in [0.3, 0.4) is 0 Å². The quantitative estimate of drug-likeness (QED) is 0.536. The number of aryl methyl sites for hydroxylation is 3. The Morgan fingerprint density at radius 1 is 0.737 bits per heavy atom. The van der Waals surface area contributed by atoms with E-state index in [0.717, 1.165) is 0 Å². The van der Waals surface area contributed by atoms with Gasteiger partial charge in [-0.15, -0.1) is 22.7 Å². The normalized spacial score (nSPS) is 10.9. The minimum atomic E-state index is 1.31. The fourth-order valence-corrected chi connectivity index (χ4v) is 4.23. The molecule has 1 aromatic carbocycles. The highest BCUT2D eigenvalue weighted by atomic mass is 32.1. The van der Waals surface area contributed by atoms with Crippen LogP contribution < -0.4 is 0 Å². The van der Waals surface area contributed by atoms with Gasteiger partial charge in [-0.1, -0.05) is 29.8 Å². The smallest absolute Gasteiger partial charge is 0.0523 e. The van der Waals surface area contributed by atoms with E-state index in [0.29, 0.717) is 0 Å². The van der Waals surface area contributed by atoms with Gasteiger partial charge >= 0.3 is 0 Å². The molecule has 0 aliphatic carbocycles. The van der Waals surface area contributed by atoms with Crippen molar-refractivity contribution in [1.29, 1.82) is 0 Å². The fourth-order valence-electron chi connectivity index (χ4n) is 2.20. The lowest BCUT2D eigenvalue weighted by atomic mass is 10.0. The van der Waals surface area contributed by atoms with E-state index in [-0.39, 0.29) is 0 Å². The summed E-state index contributed by atoms with van der Waals surface area (Å²) >= 11 is 3.77. The van der Waals surface area contributed by atoms with E-state index in [2.05, 4.69) is 63.2 Å². The second-order valence-corrected chi connectivity index (χ2v) is 7.42. The summed E-state index contributed by atoms with van der Waals surface area (Å²) < 4.78 is 0. The van der Waals surface area contributed by atoms with Gasteiger partial charge < -0.3 is 0 Å². The predicted octanol–water partition coefficient (Wildman–Crippen LogP) is 6.07. The van der Waals surface area contributed by atoms with Crippen LogP contribution in [-0.2, 0) is 0 Å². The number of hydrogen-bond acceptors (Lipinski definition) is 2. The molecule has 0 saturated heterocycles. The molecule has 0 unspecified atom stereocenters. The third-order valence-electron chi connectivity index (χ3n) is 3.18. The van der Waals surface area contributed by atoms with Crippen LogP contribution in [0.1, 0.15) is 15.3 Å². The van der Waals surface area contributed by atoms with Crippen molar-refractivity contribution in [2.75, 3.05) is 0 Å². The Hall–Kier alpha value is -1.38. The Morgan fingerprint density at radius 2 is 1.47 bits per heavy atom. The first kappa shape index (κ1) is 12.6. The van der Waals surface area contributed by atoms with Gasteiger partial charge in [-0.2, -0.15) is 0 Å². The number of thiophene rings is 2. The molecule has 0 spiro atoms. The zero-order chi connectivity index (χ0) is 13.4. The van der Waals surface area contributed by atoms with E-state index in [4.69, 9.17) is 0 Å². The van der Waals surface area contributed by atoms with Crippen LogP contribution in [0.25, 0.3) is 20.9 Å². The van der Waals surface area contributed by atoms with Gasteiger partial charge in [-0.05, 0) is 44.5 Å². The van der Waals surface area contributed by atoms with Crippen LogP contribution in [0.15, 0.2) is 42.5 Å². The first-order valence-electron chi connectivity index (χ1n) is 6.38. The van der Waals surface area contributed by atoms with Crippen LogP contribution in [0.5, 0.6) is 0 Å². The molecule has 0 fully saturated rings. The van der Waals surface area contributed by atoms with E-state index in [1.807, 2.05) is 22.7 Å². The summed E-state index contributed by atoms with van der Waals surface area (Å²) in [6, 6.07) is 15.6. The zero-order valence-electron chi connectivity index (χ0n) is 11.4. The molecule has 0 aliphatic rings. The Morgan fingerprint density at radius 3 is 2.11 bits per heavy atom. The summed E-state index contributed by atoms with van der Waals surface area (Å²) in [5, 5.41) is 0. The van der Waals surface area contributed by atoms with Gasteiger partial charge in [0.1, 0.15) is 0 Å². The monoisotopic (exact) mass is 284 g/mol. The van der Waals surface area contributed by atoms with E-state index in [9.17, 15) is 0 Å². The fraction of sp³-hybridized carbons (Fsp3) is 0.176. The Balaban J connectivity index is 2.14. The van der Waals surface area contributed by atoms with E-state index < -0.39 is 0 Å². The summed E-state index contributed by atoms with van der Waals surface area (Å²) in [5.41, 5.74) is 3.99. The summed E-state index contributed by atoms with van der Waals surface area (Å²) in [5.74, 6) is 0. The highest BCUT2D eigenvalue weighted by molar-refractivity contribution is 7.22. The minimum absolute atomic E-state index is 1.31. The average Bonchev–Trinajstić information content (AvgIpc) is 2.96. The van der Waals surface area contributed by atoms with Crippen molar-refractivity contribution in [2.24, 2.45) is 0 Å². The molecular weight excluding hydrogens is 268 g/mol. The molecule has 0 N–H and O–H groups in total. The van der Waals surface area contributed by atoms with Gasteiger partial charge in [0.25, 0.3) is 0 Å². The van der Waals surface area contributed by atoms with Gasteiger partial charge in [0.05, 0.1) is 4.88 Å². The lowest BCUT2D eigenvalue weighted by molar-refractivity contribution is 1.47. The molecule has 2 aromatic heterocycles. The Bertz CT molecular complexity index is 699. The maximum absolute atomic E-state index is 2.31. The largest absolute Gasteiger partial charge is 0.140 e. The topological polar surface area (TPSA) is 0 Å². The van der Waals surface area contributed by atoms with Crippen molar-refractivity contribution >= 4 is 22.7 Å². The molecule has 0 radical (unpaired) electrons. The predicted molar refractivity (Wildman–Crippen MR) is 87.3 cm³/mol. The molecule has 2 heterocycles. The molecule has 2 heteroatoms. The van der Waals surface area contributed by atoms with Crippen LogP contribution in [-0.4, -0.2) is 0 Å². The van der Waals surface area contributed by atoms with Crippen molar-refractivity contribution in [3.05, 3.63) is 57.8 Å². The number of rotatable bonds is 2. The molecule has 3 aromatic rings. The van der Waals surface area contributed by atoms with Gasteiger partial charge in [-0.25, -0.2) is 0 Å². The summed E-state index contributed by atoms with van der Waals surface area (Å²) in [6.07, 6.45) is 0.